The third kappa shape index (κ3) is 2.25. The molecule has 2 aliphatic rings. The molecule has 23 heavy (non-hydrogen) atoms. The van der Waals surface area contributed by atoms with Crippen LogP contribution < -0.4 is 10.6 Å². The number of fused-ring (bicyclic) bond motifs is 1. The highest BCUT2D eigenvalue weighted by Gasteiger charge is 2.33. The van der Waals surface area contributed by atoms with Crippen molar-refractivity contribution in [3.8, 4) is 0 Å². The van der Waals surface area contributed by atoms with E-state index in [0.29, 0.717) is 5.92 Å². The predicted octanol–water partition coefficient (Wildman–Crippen LogP) is 3.50. The van der Waals surface area contributed by atoms with Crippen LogP contribution in [0, 0.1) is 10.1 Å². The van der Waals surface area contributed by atoms with Crippen LogP contribution in [0.15, 0.2) is 60.4 Å². The predicted molar refractivity (Wildman–Crippen MR) is 90.6 cm³/mol. The van der Waals surface area contributed by atoms with Crippen LogP contribution in [0.2, 0.25) is 0 Å². The van der Waals surface area contributed by atoms with Gasteiger partial charge in [0.25, 0.3) is 0 Å². The molecule has 0 saturated heterocycles. The third-order valence-electron chi connectivity index (χ3n) is 4.53. The molecule has 0 radical (unpaired) electrons. The molecular formula is C18H17N3O2. The van der Waals surface area contributed by atoms with Gasteiger partial charge in [0.05, 0.1) is 10.6 Å². The fraction of sp³-hybridized carbons (Fsp3) is 0.222. The van der Waals surface area contributed by atoms with Crippen LogP contribution in [0.3, 0.4) is 0 Å². The monoisotopic (exact) mass is 307 g/mol. The molecule has 2 N–H and O–H groups in total. The van der Waals surface area contributed by atoms with Crippen molar-refractivity contribution < 1.29 is 4.92 Å². The summed E-state index contributed by atoms with van der Waals surface area (Å²) >= 11 is 0. The number of nitrogens with zero attached hydrogens (tertiary/aromatic N) is 2. The Morgan fingerprint density at radius 1 is 1.13 bits per heavy atom. The molecule has 2 aromatic carbocycles. The molecular weight excluding hydrogens is 290 g/mol. The molecule has 1 atom stereocenters. The van der Waals surface area contributed by atoms with Crippen molar-refractivity contribution in [3.63, 3.8) is 0 Å². The van der Waals surface area contributed by atoms with Crippen molar-refractivity contribution in [2.45, 2.75) is 24.9 Å². The van der Waals surface area contributed by atoms with E-state index in [0.717, 1.165) is 11.1 Å². The lowest BCUT2D eigenvalue weighted by Gasteiger charge is -2.28. The summed E-state index contributed by atoms with van der Waals surface area (Å²) in [5.41, 5.74) is 8.27. The van der Waals surface area contributed by atoms with Gasteiger partial charge in [0, 0.05) is 11.6 Å². The lowest BCUT2D eigenvalue weighted by molar-refractivity contribution is -0.510. The average molecular weight is 307 g/mol. The van der Waals surface area contributed by atoms with Crippen molar-refractivity contribution in [1.82, 2.24) is 0 Å². The van der Waals surface area contributed by atoms with Crippen LogP contribution in [0.25, 0.3) is 10.8 Å². The average Bonchev–Trinajstić information content (AvgIpc) is 3.38. The molecule has 1 aliphatic carbocycles. The molecule has 5 nitrogen and oxygen atoms in total. The number of nitro groups is 1. The van der Waals surface area contributed by atoms with Gasteiger partial charge < -0.3 is 5.73 Å². The van der Waals surface area contributed by atoms with E-state index < -0.39 is 6.17 Å². The highest BCUT2D eigenvalue weighted by molar-refractivity contribution is 5.97. The Labute approximate surface area is 133 Å². The molecule has 1 fully saturated rings. The molecule has 116 valence electrons. The van der Waals surface area contributed by atoms with E-state index in [1.807, 2.05) is 24.3 Å². The fourth-order valence-electron chi connectivity index (χ4n) is 3.29. The summed E-state index contributed by atoms with van der Waals surface area (Å²) in [5.74, 6) is 0.627. The van der Waals surface area contributed by atoms with Gasteiger partial charge in [-0.15, -0.1) is 0 Å². The van der Waals surface area contributed by atoms with E-state index in [9.17, 15) is 10.1 Å². The summed E-state index contributed by atoms with van der Waals surface area (Å²) in [4.78, 5) is 12.8. The number of anilines is 1. The van der Waals surface area contributed by atoms with Gasteiger partial charge in [0.15, 0.2) is 0 Å². The van der Waals surface area contributed by atoms with Crippen molar-refractivity contribution in [2.24, 2.45) is 5.73 Å². The number of nitrogens with two attached hydrogens (primary N) is 1. The van der Waals surface area contributed by atoms with Gasteiger partial charge in [-0.25, -0.2) is 0 Å². The SMILES string of the molecule is NC1=CC=CN(c2ccc(C3CC3)c3ccccc23)C1[N+](=O)[O-]. The molecule has 0 amide bonds. The summed E-state index contributed by atoms with van der Waals surface area (Å²) in [6.45, 7) is 0. The lowest BCUT2D eigenvalue weighted by Crippen LogP contribution is -2.43. The highest BCUT2D eigenvalue weighted by atomic mass is 16.6. The van der Waals surface area contributed by atoms with Crippen LogP contribution in [0.4, 0.5) is 5.69 Å². The van der Waals surface area contributed by atoms with Gasteiger partial charge in [-0.1, -0.05) is 30.3 Å². The summed E-state index contributed by atoms with van der Waals surface area (Å²) in [7, 11) is 0. The first kappa shape index (κ1) is 13.8. The summed E-state index contributed by atoms with van der Waals surface area (Å²) in [6.07, 6.45) is 6.45. The number of allylic oxidation sites excluding steroid dienone is 2. The van der Waals surface area contributed by atoms with Crippen LogP contribution in [-0.2, 0) is 0 Å². The summed E-state index contributed by atoms with van der Waals surface area (Å²) < 4.78 is 0. The fourth-order valence-corrected chi connectivity index (χ4v) is 3.29. The first-order valence-corrected chi connectivity index (χ1v) is 7.74. The molecule has 2 aromatic rings. The van der Waals surface area contributed by atoms with Gasteiger partial charge in [0.2, 0.25) is 0 Å². The maximum Gasteiger partial charge on any atom is 0.330 e. The zero-order chi connectivity index (χ0) is 16.0. The lowest BCUT2D eigenvalue weighted by atomic mass is 9.98. The Kier molecular flexibility index (Phi) is 3.08. The molecule has 5 heteroatoms. The van der Waals surface area contributed by atoms with Crippen molar-refractivity contribution >= 4 is 16.5 Å². The van der Waals surface area contributed by atoms with Gasteiger partial charge in [-0.05, 0) is 47.9 Å². The van der Waals surface area contributed by atoms with E-state index in [1.165, 1.54) is 23.8 Å². The van der Waals surface area contributed by atoms with Crippen molar-refractivity contribution in [1.29, 1.82) is 0 Å². The second-order valence-corrected chi connectivity index (χ2v) is 6.07. The van der Waals surface area contributed by atoms with E-state index in [4.69, 9.17) is 5.73 Å². The second-order valence-electron chi connectivity index (χ2n) is 6.07. The molecule has 1 saturated carbocycles. The first-order chi connectivity index (χ1) is 11.2. The molecule has 4 rings (SSSR count). The smallest absolute Gasteiger partial charge is 0.330 e. The summed E-state index contributed by atoms with van der Waals surface area (Å²) in [5, 5.41) is 13.7. The van der Waals surface area contributed by atoms with Gasteiger partial charge in [-0.3, -0.25) is 15.0 Å². The molecule has 0 bridgehead atoms. The first-order valence-electron chi connectivity index (χ1n) is 7.74. The molecule has 1 unspecified atom stereocenters. The Balaban J connectivity index is 1.89. The minimum Gasteiger partial charge on any atom is -0.395 e. The second kappa shape index (κ2) is 5.12. The Hall–Kier alpha value is -2.82. The molecule has 1 heterocycles. The number of benzene rings is 2. The van der Waals surface area contributed by atoms with Gasteiger partial charge in [-0.2, -0.15) is 0 Å². The van der Waals surface area contributed by atoms with Crippen LogP contribution >= 0.6 is 0 Å². The number of rotatable bonds is 3. The molecule has 1 aliphatic heterocycles. The zero-order valence-corrected chi connectivity index (χ0v) is 12.6. The molecule has 0 spiro atoms. The highest BCUT2D eigenvalue weighted by Crippen LogP contribution is 2.45. The Bertz CT molecular complexity index is 852. The summed E-state index contributed by atoms with van der Waals surface area (Å²) in [6, 6.07) is 12.2. The van der Waals surface area contributed by atoms with Crippen LogP contribution in [0.1, 0.15) is 24.3 Å². The minimum absolute atomic E-state index is 0.243. The standard InChI is InChI=1S/C18H17N3O2/c19-16-6-3-11-20(18(16)21(22)23)17-10-9-13(12-7-8-12)14-4-1-2-5-15(14)17/h1-6,9-12,18H,7-8,19H2. The third-order valence-corrected chi connectivity index (χ3v) is 4.53. The van der Waals surface area contributed by atoms with Gasteiger partial charge >= 0.3 is 6.17 Å². The molecule has 0 aromatic heterocycles. The van der Waals surface area contributed by atoms with E-state index in [-0.39, 0.29) is 10.6 Å². The Morgan fingerprint density at radius 2 is 1.87 bits per heavy atom. The van der Waals surface area contributed by atoms with Crippen molar-refractivity contribution in [2.75, 3.05) is 4.90 Å². The van der Waals surface area contributed by atoms with Gasteiger partial charge in [0.1, 0.15) is 5.70 Å². The van der Waals surface area contributed by atoms with Crippen molar-refractivity contribution in [3.05, 3.63) is 76.1 Å². The number of hydrogen-bond donors (Lipinski definition) is 1. The maximum atomic E-state index is 11.5. The van der Waals surface area contributed by atoms with E-state index in [1.54, 1.807) is 23.3 Å². The van der Waals surface area contributed by atoms with E-state index in [2.05, 4.69) is 12.1 Å². The topological polar surface area (TPSA) is 72.4 Å². The normalized spacial score (nSPS) is 20.6. The maximum absolute atomic E-state index is 11.5. The van der Waals surface area contributed by atoms with Crippen LogP contribution in [-0.4, -0.2) is 11.1 Å². The zero-order valence-electron chi connectivity index (χ0n) is 12.6. The number of hydrogen-bond acceptors (Lipinski definition) is 4. The minimum atomic E-state index is -1.06. The van der Waals surface area contributed by atoms with E-state index >= 15 is 0 Å². The Morgan fingerprint density at radius 3 is 2.57 bits per heavy atom. The van der Waals surface area contributed by atoms with Crippen LogP contribution in [0.5, 0.6) is 0 Å². The largest absolute Gasteiger partial charge is 0.395 e. The quantitative estimate of drug-likeness (QED) is 0.696.